The molecule has 32 heavy (non-hydrogen) atoms. The molecule has 0 saturated heterocycles. The summed E-state index contributed by atoms with van der Waals surface area (Å²) in [4.78, 5) is 27.0. The second-order valence-corrected chi connectivity index (χ2v) is 10.9. The lowest BCUT2D eigenvalue weighted by molar-refractivity contribution is -0.153. The quantitative estimate of drug-likeness (QED) is 0.294. The minimum atomic E-state index is -1.12. The van der Waals surface area contributed by atoms with E-state index >= 15 is 0 Å². The molecule has 1 aliphatic carbocycles. The van der Waals surface area contributed by atoms with Crippen molar-refractivity contribution in [3.8, 4) is 0 Å². The lowest BCUT2D eigenvalue weighted by Crippen LogP contribution is -2.63. The van der Waals surface area contributed by atoms with Crippen LogP contribution >= 0.6 is 0 Å². The van der Waals surface area contributed by atoms with E-state index in [1.165, 1.54) is 0 Å². The molecule has 0 bridgehead atoms. The maximum Gasteiger partial charge on any atom is 0.236 e. The van der Waals surface area contributed by atoms with E-state index in [1.54, 1.807) is 0 Å². The molecule has 6 nitrogen and oxygen atoms in total. The van der Waals surface area contributed by atoms with Gasteiger partial charge in [0.05, 0.1) is 23.3 Å². The van der Waals surface area contributed by atoms with Crippen molar-refractivity contribution in [1.82, 2.24) is 10.6 Å². The first kappa shape index (κ1) is 28.9. The molecule has 2 amide bonds. The molecule has 1 saturated carbocycles. The summed E-state index contributed by atoms with van der Waals surface area (Å²) in [5.41, 5.74) is -3.10. The third kappa shape index (κ3) is 6.47. The van der Waals surface area contributed by atoms with Crippen LogP contribution in [0.1, 0.15) is 113 Å². The number of hydrogen-bond donors (Lipinski definition) is 4. The summed E-state index contributed by atoms with van der Waals surface area (Å²) in [7, 11) is 0. The Morgan fingerprint density at radius 1 is 0.750 bits per heavy atom. The number of hydrogen-bond acceptors (Lipinski definition) is 4. The van der Waals surface area contributed by atoms with Crippen LogP contribution in [-0.2, 0) is 9.59 Å². The lowest BCUT2D eigenvalue weighted by Gasteiger charge is -2.44. The minimum Gasteiger partial charge on any atom is -0.388 e. The van der Waals surface area contributed by atoms with E-state index in [0.29, 0.717) is 63.2 Å². The summed E-state index contributed by atoms with van der Waals surface area (Å²) < 4.78 is 0. The SMILES string of the molecule is CCC(O)(CC)[C@@H](CC(C)C)NC(=O)C1(C(=O)N[C@H](CC(C)C)C(O)(CC)CC)CCC1. The van der Waals surface area contributed by atoms with Gasteiger partial charge in [-0.1, -0.05) is 61.8 Å². The smallest absolute Gasteiger partial charge is 0.236 e. The van der Waals surface area contributed by atoms with Gasteiger partial charge in [-0.15, -0.1) is 0 Å². The van der Waals surface area contributed by atoms with Crippen LogP contribution in [0, 0.1) is 17.3 Å². The van der Waals surface area contributed by atoms with Crippen LogP contribution < -0.4 is 10.6 Å². The Morgan fingerprint density at radius 2 is 1.06 bits per heavy atom. The van der Waals surface area contributed by atoms with Gasteiger partial charge in [0.1, 0.15) is 5.41 Å². The van der Waals surface area contributed by atoms with Gasteiger partial charge in [-0.05, 0) is 63.2 Å². The van der Waals surface area contributed by atoms with Crippen molar-refractivity contribution in [1.29, 1.82) is 0 Å². The molecular weight excluding hydrogens is 404 g/mol. The highest BCUT2D eigenvalue weighted by molar-refractivity contribution is 6.06. The van der Waals surface area contributed by atoms with E-state index in [9.17, 15) is 19.8 Å². The van der Waals surface area contributed by atoms with Gasteiger partial charge in [0, 0.05) is 0 Å². The highest BCUT2D eigenvalue weighted by Crippen LogP contribution is 2.43. The monoisotopic (exact) mass is 454 g/mol. The highest BCUT2D eigenvalue weighted by Gasteiger charge is 2.53. The molecule has 0 aromatic rings. The van der Waals surface area contributed by atoms with Crippen LogP contribution in [0.4, 0.5) is 0 Å². The predicted octanol–water partition coefficient (Wildman–Crippen LogP) is 4.32. The van der Waals surface area contributed by atoms with Gasteiger partial charge in [0.2, 0.25) is 11.8 Å². The van der Waals surface area contributed by atoms with E-state index < -0.39 is 28.7 Å². The number of carbonyl (C=O) groups is 2. The summed E-state index contributed by atoms with van der Waals surface area (Å²) in [6.45, 7) is 16.0. The first-order valence-corrected chi connectivity index (χ1v) is 12.9. The Kier molecular flexibility index (Phi) is 10.7. The van der Waals surface area contributed by atoms with Crippen molar-refractivity contribution in [2.45, 2.75) is 136 Å². The molecule has 0 radical (unpaired) electrons. The lowest BCUT2D eigenvalue weighted by atomic mass is 9.66. The van der Waals surface area contributed by atoms with Crippen molar-refractivity contribution >= 4 is 11.8 Å². The second-order valence-electron chi connectivity index (χ2n) is 10.9. The summed E-state index contributed by atoms with van der Waals surface area (Å²) in [5.74, 6) is 0.0328. The molecule has 0 aromatic carbocycles. The van der Waals surface area contributed by atoms with Crippen LogP contribution in [0.2, 0.25) is 0 Å². The highest BCUT2D eigenvalue weighted by atomic mass is 16.3. The van der Waals surface area contributed by atoms with Crippen molar-refractivity contribution in [3.05, 3.63) is 0 Å². The molecule has 0 aromatic heterocycles. The Morgan fingerprint density at radius 3 is 1.25 bits per heavy atom. The number of amides is 2. The average Bonchev–Trinajstić information content (AvgIpc) is 2.70. The minimum absolute atomic E-state index is 0.285. The van der Waals surface area contributed by atoms with E-state index in [2.05, 4.69) is 38.3 Å². The fraction of sp³-hybridized carbons (Fsp3) is 0.923. The first-order valence-electron chi connectivity index (χ1n) is 12.9. The van der Waals surface area contributed by atoms with Gasteiger partial charge in [-0.3, -0.25) is 9.59 Å². The molecule has 2 atom stereocenters. The number of rotatable bonds is 14. The Balaban J connectivity index is 3.14. The van der Waals surface area contributed by atoms with Gasteiger partial charge in [-0.2, -0.15) is 0 Å². The van der Waals surface area contributed by atoms with Gasteiger partial charge < -0.3 is 20.8 Å². The molecular formula is C26H50N2O4. The molecule has 6 heteroatoms. The van der Waals surface area contributed by atoms with E-state index in [4.69, 9.17) is 0 Å². The fourth-order valence-electron chi connectivity index (χ4n) is 4.93. The van der Waals surface area contributed by atoms with E-state index in [1.807, 2.05) is 27.7 Å². The van der Waals surface area contributed by atoms with E-state index in [0.717, 1.165) is 6.42 Å². The molecule has 0 unspecified atom stereocenters. The number of aliphatic hydroxyl groups is 2. The van der Waals surface area contributed by atoms with Crippen LogP contribution in [0.5, 0.6) is 0 Å². The fourth-order valence-corrected chi connectivity index (χ4v) is 4.93. The molecule has 0 heterocycles. The van der Waals surface area contributed by atoms with Crippen molar-refractivity contribution in [3.63, 3.8) is 0 Å². The third-order valence-corrected chi connectivity index (χ3v) is 7.85. The largest absolute Gasteiger partial charge is 0.388 e. The Hall–Kier alpha value is -1.14. The van der Waals surface area contributed by atoms with Crippen LogP contribution in [0.15, 0.2) is 0 Å². The van der Waals surface area contributed by atoms with Crippen molar-refractivity contribution in [2.24, 2.45) is 17.3 Å². The number of carbonyl (C=O) groups excluding carboxylic acids is 2. The topological polar surface area (TPSA) is 98.7 Å². The van der Waals surface area contributed by atoms with Crippen LogP contribution in [-0.4, -0.2) is 45.3 Å². The zero-order valence-corrected chi connectivity index (χ0v) is 21.9. The van der Waals surface area contributed by atoms with Crippen molar-refractivity contribution in [2.75, 3.05) is 0 Å². The molecule has 188 valence electrons. The third-order valence-electron chi connectivity index (χ3n) is 7.85. The molecule has 1 rings (SSSR count). The zero-order valence-electron chi connectivity index (χ0n) is 21.9. The van der Waals surface area contributed by atoms with Gasteiger partial charge >= 0.3 is 0 Å². The number of nitrogens with one attached hydrogen (secondary N) is 2. The normalized spacial score (nSPS) is 18.2. The van der Waals surface area contributed by atoms with Gasteiger partial charge in [-0.25, -0.2) is 0 Å². The summed E-state index contributed by atoms with van der Waals surface area (Å²) in [6, 6.07) is -0.796. The van der Waals surface area contributed by atoms with Gasteiger partial charge in [0.25, 0.3) is 0 Å². The molecule has 0 spiro atoms. The first-order chi connectivity index (χ1) is 14.8. The van der Waals surface area contributed by atoms with Crippen molar-refractivity contribution < 1.29 is 19.8 Å². The standard InChI is InChI=1S/C26H50N2O4/c1-9-25(31,10-2)20(16-18(5)6)27-22(29)24(14-13-15-24)23(30)28-21(17-19(7)8)26(32,11-3)12-4/h18-21,31-32H,9-17H2,1-8H3,(H,27,29)(H,28,30)/t20-,21-/m1/s1. The summed E-state index contributed by atoms with van der Waals surface area (Å²) in [6.07, 6.45) is 5.29. The predicted molar refractivity (Wildman–Crippen MR) is 130 cm³/mol. The summed E-state index contributed by atoms with van der Waals surface area (Å²) in [5, 5.41) is 28.5. The van der Waals surface area contributed by atoms with Crippen LogP contribution in [0.25, 0.3) is 0 Å². The Labute approximate surface area is 196 Å². The second kappa shape index (κ2) is 11.8. The summed E-state index contributed by atoms with van der Waals surface area (Å²) >= 11 is 0. The maximum absolute atomic E-state index is 13.5. The Bertz CT molecular complexity index is 557. The molecule has 1 aliphatic rings. The van der Waals surface area contributed by atoms with Crippen LogP contribution in [0.3, 0.4) is 0 Å². The van der Waals surface area contributed by atoms with E-state index in [-0.39, 0.29) is 11.8 Å². The molecule has 0 aliphatic heterocycles. The average molecular weight is 455 g/mol. The maximum atomic E-state index is 13.5. The van der Waals surface area contributed by atoms with Gasteiger partial charge in [0.15, 0.2) is 0 Å². The molecule has 4 N–H and O–H groups in total. The zero-order chi connectivity index (χ0) is 24.7. The molecule has 1 fully saturated rings.